The van der Waals surface area contributed by atoms with Crippen molar-refractivity contribution in [2.45, 2.75) is 25.2 Å². The highest BCUT2D eigenvalue weighted by Gasteiger charge is 2.27. The third-order valence-electron chi connectivity index (χ3n) is 1.23. The summed E-state index contributed by atoms with van der Waals surface area (Å²) >= 11 is 1.27. The minimum absolute atomic E-state index is 0.104. The molecule has 0 aromatic carbocycles. The predicted octanol–water partition coefficient (Wildman–Crippen LogP) is 1.65. The van der Waals surface area contributed by atoms with Crippen LogP contribution < -0.4 is 0 Å². The van der Waals surface area contributed by atoms with Crippen LogP contribution in [0.2, 0.25) is 0 Å². The Balaban J connectivity index is 2.51. The molecule has 0 aliphatic carbocycles. The van der Waals surface area contributed by atoms with Crippen LogP contribution in [0.25, 0.3) is 0 Å². The van der Waals surface area contributed by atoms with E-state index in [4.69, 9.17) is 4.74 Å². The average molecular weight is 132 g/mol. The fourth-order valence-corrected chi connectivity index (χ4v) is 1.28. The molecule has 2 unspecified atom stereocenters. The van der Waals surface area contributed by atoms with Crippen LogP contribution in [0.1, 0.15) is 13.8 Å². The number of thioether (sulfide) groups is 1. The second-order valence-electron chi connectivity index (χ2n) is 1.90. The van der Waals surface area contributed by atoms with Crippen LogP contribution in [-0.2, 0) is 4.74 Å². The van der Waals surface area contributed by atoms with Gasteiger partial charge in [0.15, 0.2) is 0 Å². The van der Waals surface area contributed by atoms with Crippen LogP contribution in [0, 0.1) is 0 Å². The maximum absolute atomic E-state index is 10.4. The van der Waals surface area contributed by atoms with Crippen molar-refractivity contribution in [3.05, 3.63) is 0 Å². The number of carbonyl (C=O) groups is 1. The van der Waals surface area contributed by atoms with Crippen molar-refractivity contribution >= 4 is 17.1 Å². The summed E-state index contributed by atoms with van der Waals surface area (Å²) < 4.78 is 4.80. The molecule has 0 amide bonds. The molecule has 1 rings (SSSR count). The molecule has 1 aliphatic heterocycles. The Hall–Kier alpha value is -0.180. The van der Waals surface area contributed by atoms with Gasteiger partial charge in [-0.2, -0.15) is 0 Å². The summed E-state index contributed by atoms with van der Waals surface area (Å²) in [5.41, 5.74) is 0. The molecule has 2 nitrogen and oxygen atoms in total. The van der Waals surface area contributed by atoms with Crippen molar-refractivity contribution in [3.63, 3.8) is 0 Å². The highest BCUT2D eigenvalue weighted by atomic mass is 32.2. The molecule has 0 aromatic rings. The van der Waals surface area contributed by atoms with Gasteiger partial charge in [-0.05, 0) is 25.6 Å². The van der Waals surface area contributed by atoms with Crippen molar-refractivity contribution in [1.82, 2.24) is 0 Å². The molecule has 3 heteroatoms. The zero-order chi connectivity index (χ0) is 6.15. The standard InChI is InChI=1S/C5H8O2S/c1-3-4(2)8-5(6)7-3/h3-4H,1-2H3. The molecule has 8 heavy (non-hydrogen) atoms. The van der Waals surface area contributed by atoms with E-state index in [2.05, 4.69) is 0 Å². The van der Waals surface area contributed by atoms with Gasteiger partial charge >= 0.3 is 5.30 Å². The zero-order valence-corrected chi connectivity index (χ0v) is 5.70. The normalized spacial score (nSPS) is 37.5. The van der Waals surface area contributed by atoms with E-state index < -0.39 is 0 Å². The fourth-order valence-electron chi connectivity index (χ4n) is 0.523. The first-order valence-corrected chi connectivity index (χ1v) is 3.45. The lowest BCUT2D eigenvalue weighted by atomic mass is 10.3. The summed E-state index contributed by atoms with van der Waals surface area (Å²) in [5, 5.41) is 0.201. The molecule has 0 saturated carbocycles. The van der Waals surface area contributed by atoms with Crippen LogP contribution >= 0.6 is 11.8 Å². The van der Waals surface area contributed by atoms with Gasteiger partial charge in [0, 0.05) is 5.25 Å². The summed E-state index contributed by atoms with van der Waals surface area (Å²) in [6, 6.07) is 0. The monoisotopic (exact) mass is 132 g/mol. The summed E-state index contributed by atoms with van der Waals surface area (Å²) in [7, 11) is 0. The second kappa shape index (κ2) is 1.97. The molecule has 46 valence electrons. The van der Waals surface area contributed by atoms with E-state index in [1.807, 2.05) is 13.8 Å². The fraction of sp³-hybridized carbons (Fsp3) is 0.800. The van der Waals surface area contributed by atoms with E-state index in [0.717, 1.165) is 0 Å². The lowest BCUT2D eigenvalue weighted by Crippen LogP contribution is -2.10. The molecular weight excluding hydrogens is 124 g/mol. The van der Waals surface area contributed by atoms with Crippen molar-refractivity contribution in [2.24, 2.45) is 0 Å². The van der Waals surface area contributed by atoms with Crippen LogP contribution in [-0.4, -0.2) is 16.7 Å². The van der Waals surface area contributed by atoms with Crippen LogP contribution in [0.5, 0.6) is 0 Å². The maximum Gasteiger partial charge on any atom is 0.367 e. The third-order valence-corrected chi connectivity index (χ3v) is 2.27. The van der Waals surface area contributed by atoms with Crippen molar-refractivity contribution in [1.29, 1.82) is 0 Å². The second-order valence-corrected chi connectivity index (χ2v) is 3.21. The Bertz CT molecular complexity index is 101. The minimum Gasteiger partial charge on any atom is -0.453 e. The van der Waals surface area contributed by atoms with Crippen molar-refractivity contribution in [3.8, 4) is 0 Å². The molecule has 0 radical (unpaired) electrons. The van der Waals surface area contributed by atoms with E-state index >= 15 is 0 Å². The first-order chi connectivity index (χ1) is 3.70. The van der Waals surface area contributed by atoms with Crippen LogP contribution in [0.4, 0.5) is 4.79 Å². The van der Waals surface area contributed by atoms with Gasteiger partial charge in [0.05, 0.1) is 0 Å². The van der Waals surface area contributed by atoms with E-state index in [-0.39, 0.29) is 11.4 Å². The van der Waals surface area contributed by atoms with Crippen LogP contribution in [0.15, 0.2) is 0 Å². The Morgan fingerprint density at radius 1 is 1.62 bits per heavy atom. The number of carbonyl (C=O) groups excluding carboxylic acids is 1. The molecule has 1 saturated heterocycles. The molecule has 1 fully saturated rings. The quantitative estimate of drug-likeness (QED) is 0.469. The maximum atomic E-state index is 10.4. The molecule has 2 atom stereocenters. The Morgan fingerprint density at radius 2 is 2.25 bits per heavy atom. The summed E-state index contributed by atoms with van der Waals surface area (Å²) in [6.45, 7) is 3.89. The Morgan fingerprint density at radius 3 is 2.38 bits per heavy atom. The highest BCUT2D eigenvalue weighted by Crippen LogP contribution is 2.26. The lowest BCUT2D eigenvalue weighted by molar-refractivity contribution is 0.144. The summed E-state index contributed by atoms with van der Waals surface area (Å²) in [6.07, 6.45) is 0.104. The van der Waals surface area contributed by atoms with E-state index in [9.17, 15) is 4.79 Å². The van der Waals surface area contributed by atoms with E-state index in [1.54, 1.807) is 0 Å². The predicted molar refractivity (Wildman–Crippen MR) is 33.0 cm³/mol. The summed E-state index contributed by atoms with van der Waals surface area (Å²) in [5.74, 6) is 0. The van der Waals surface area contributed by atoms with Gasteiger partial charge < -0.3 is 4.74 Å². The van der Waals surface area contributed by atoms with E-state index in [0.29, 0.717) is 5.25 Å². The first kappa shape index (κ1) is 5.95. The van der Waals surface area contributed by atoms with Gasteiger partial charge in [-0.3, -0.25) is 0 Å². The number of hydrogen-bond donors (Lipinski definition) is 0. The van der Waals surface area contributed by atoms with Gasteiger partial charge in [0.2, 0.25) is 0 Å². The molecule has 0 bridgehead atoms. The molecular formula is C5H8O2S. The topological polar surface area (TPSA) is 26.3 Å². The zero-order valence-electron chi connectivity index (χ0n) is 4.88. The highest BCUT2D eigenvalue weighted by molar-refractivity contribution is 8.14. The number of ether oxygens (including phenoxy) is 1. The number of cyclic esters (lactones) is 1. The van der Waals surface area contributed by atoms with E-state index in [1.165, 1.54) is 11.8 Å². The number of hydrogen-bond acceptors (Lipinski definition) is 3. The van der Waals surface area contributed by atoms with Gasteiger partial charge in [-0.25, -0.2) is 4.79 Å². The smallest absolute Gasteiger partial charge is 0.367 e. The number of rotatable bonds is 0. The Kier molecular flexibility index (Phi) is 1.47. The van der Waals surface area contributed by atoms with Gasteiger partial charge in [0.1, 0.15) is 6.10 Å². The molecule has 1 heterocycles. The molecule has 0 spiro atoms. The van der Waals surface area contributed by atoms with Gasteiger partial charge in [0.25, 0.3) is 0 Å². The summed E-state index contributed by atoms with van der Waals surface area (Å²) in [4.78, 5) is 10.4. The molecule has 1 aliphatic rings. The first-order valence-electron chi connectivity index (χ1n) is 2.57. The van der Waals surface area contributed by atoms with Crippen LogP contribution in [0.3, 0.4) is 0 Å². The molecule has 0 N–H and O–H groups in total. The van der Waals surface area contributed by atoms with Gasteiger partial charge in [-0.1, -0.05) is 0 Å². The SMILES string of the molecule is CC1OC(=O)SC1C. The minimum atomic E-state index is -0.134. The van der Waals surface area contributed by atoms with Crippen molar-refractivity contribution < 1.29 is 9.53 Å². The largest absolute Gasteiger partial charge is 0.453 e. The lowest BCUT2D eigenvalue weighted by Gasteiger charge is -2.02. The molecule has 0 aromatic heterocycles. The van der Waals surface area contributed by atoms with Gasteiger partial charge in [-0.15, -0.1) is 0 Å². The Labute approximate surface area is 52.6 Å². The average Bonchev–Trinajstić information content (AvgIpc) is 1.85. The van der Waals surface area contributed by atoms with Crippen molar-refractivity contribution in [2.75, 3.05) is 0 Å². The third kappa shape index (κ3) is 0.968.